The summed E-state index contributed by atoms with van der Waals surface area (Å²) in [5, 5.41) is 0. The monoisotopic (exact) mass is 190 g/mol. The Balaban J connectivity index is 2.92. The SMILES string of the molecule is CC(C)(C)c1ccc(C(F)F)s1. The molecule has 12 heavy (non-hydrogen) atoms. The lowest BCUT2D eigenvalue weighted by Crippen LogP contribution is -2.07. The van der Waals surface area contributed by atoms with E-state index in [4.69, 9.17) is 0 Å². The fraction of sp³-hybridized carbons (Fsp3) is 0.556. The van der Waals surface area contributed by atoms with Crippen LogP contribution in [-0.2, 0) is 5.41 Å². The van der Waals surface area contributed by atoms with Crippen molar-refractivity contribution in [1.29, 1.82) is 0 Å². The van der Waals surface area contributed by atoms with Crippen LogP contribution in [0.5, 0.6) is 0 Å². The van der Waals surface area contributed by atoms with Crippen LogP contribution in [0.15, 0.2) is 12.1 Å². The molecule has 68 valence electrons. The zero-order valence-electron chi connectivity index (χ0n) is 7.40. The van der Waals surface area contributed by atoms with Crippen LogP contribution < -0.4 is 0 Å². The molecule has 0 unspecified atom stereocenters. The average molecular weight is 190 g/mol. The molecule has 0 bridgehead atoms. The van der Waals surface area contributed by atoms with Crippen LogP contribution in [0.1, 0.15) is 37.0 Å². The van der Waals surface area contributed by atoms with Crippen molar-refractivity contribution in [2.75, 3.05) is 0 Å². The summed E-state index contributed by atoms with van der Waals surface area (Å²) in [5.41, 5.74) is -0.0161. The van der Waals surface area contributed by atoms with Crippen molar-refractivity contribution in [3.63, 3.8) is 0 Å². The van der Waals surface area contributed by atoms with Crippen LogP contribution in [0.4, 0.5) is 8.78 Å². The first-order valence-corrected chi connectivity index (χ1v) is 4.61. The van der Waals surface area contributed by atoms with Gasteiger partial charge in [-0.25, -0.2) is 8.78 Å². The maximum atomic E-state index is 12.2. The predicted octanol–water partition coefficient (Wildman–Crippen LogP) is 3.98. The molecule has 0 aliphatic rings. The second-order valence-corrected chi connectivity index (χ2v) is 4.87. The number of rotatable bonds is 1. The number of hydrogen-bond acceptors (Lipinski definition) is 1. The van der Waals surface area contributed by atoms with Gasteiger partial charge >= 0.3 is 0 Å². The third kappa shape index (κ3) is 2.03. The Bertz CT molecular complexity index is 258. The molecule has 0 saturated carbocycles. The summed E-state index contributed by atoms with van der Waals surface area (Å²) < 4.78 is 24.4. The molecule has 1 aromatic rings. The van der Waals surface area contributed by atoms with Gasteiger partial charge in [0.25, 0.3) is 6.43 Å². The Hall–Kier alpha value is -0.440. The summed E-state index contributed by atoms with van der Waals surface area (Å²) in [6, 6.07) is 3.29. The van der Waals surface area contributed by atoms with E-state index in [1.165, 1.54) is 17.4 Å². The van der Waals surface area contributed by atoms with E-state index in [2.05, 4.69) is 0 Å². The van der Waals surface area contributed by atoms with Crippen LogP contribution in [0, 0.1) is 0 Å². The molecule has 1 aromatic heterocycles. The van der Waals surface area contributed by atoms with E-state index in [0.29, 0.717) is 0 Å². The molecular weight excluding hydrogens is 178 g/mol. The van der Waals surface area contributed by atoms with E-state index in [0.717, 1.165) is 4.88 Å². The van der Waals surface area contributed by atoms with Crippen LogP contribution in [-0.4, -0.2) is 0 Å². The first kappa shape index (κ1) is 9.65. The van der Waals surface area contributed by atoms with Crippen LogP contribution in [0.25, 0.3) is 0 Å². The lowest BCUT2D eigenvalue weighted by atomic mass is 9.95. The Morgan fingerprint density at radius 2 is 1.83 bits per heavy atom. The molecule has 0 radical (unpaired) electrons. The first-order chi connectivity index (χ1) is 5.41. The van der Waals surface area contributed by atoms with Gasteiger partial charge in [-0.15, -0.1) is 11.3 Å². The molecule has 3 heteroatoms. The van der Waals surface area contributed by atoms with Crippen molar-refractivity contribution in [3.05, 3.63) is 21.9 Å². The second-order valence-electron chi connectivity index (χ2n) is 3.75. The summed E-state index contributed by atoms with van der Waals surface area (Å²) in [7, 11) is 0. The number of hydrogen-bond donors (Lipinski definition) is 0. The quantitative estimate of drug-likeness (QED) is 0.628. The molecule has 1 rings (SSSR count). The van der Waals surface area contributed by atoms with Gasteiger partial charge in [-0.05, 0) is 17.5 Å². The summed E-state index contributed by atoms with van der Waals surface area (Å²) in [4.78, 5) is 1.18. The van der Waals surface area contributed by atoms with Gasteiger partial charge in [-0.2, -0.15) is 0 Å². The highest BCUT2D eigenvalue weighted by molar-refractivity contribution is 7.12. The van der Waals surface area contributed by atoms with Gasteiger partial charge in [-0.3, -0.25) is 0 Å². The Labute approximate surface area is 75.2 Å². The normalized spacial score (nSPS) is 12.5. The Morgan fingerprint density at radius 3 is 2.08 bits per heavy atom. The second kappa shape index (κ2) is 3.13. The van der Waals surface area contributed by atoms with Gasteiger partial charge in [0.2, 0.25) is 0 Å². The molecule has 0 saturated heterocycles. The summed E-state index contributed by atoms with van der Waals surface area (Å²) in [5.74, 6) is 0. The highest BCUT2D eigenvalue weighted by Gasteiger charge is 2.18. The standard InChI is InChI=1S/C9H12F2S/c1-9(2,3)7-5-4-6(12-7)8(10)11/h4-5,8H,1-3H3. The number of alkyl halides is 2. The smallest absolute Gasteiger partial charge is 0.204 e. The largest absolute Gasteiger partial charge is 0.272 e. The van der Waals surface area contributed by atoms with Crippen LogP contribution in [0.2, 0.25) is 0 Å². The highest BCUT2D eigenvalue weighted by Crippen LogP contribution is 2.33. The Morgan fingerprint density at radius 1 is 1.25 bits per heavy atom. The van der Waals surface area contributed by atoms with Crippen LogP contribution >= 0.6 is 11.3 Å². The maximum absolute atomic E-state index is 12.2. The molecule has 0 atom stereocenters. The third-order valence-corrected chi connectivity index (χ3v) is 3.10. The molecule has 1 heterocycles. The molecule has 0 aromatic carbocycles. The van der Waals surface area contributed by atoms with Crippen LogP contribution in [0.3, 0.4) is 0 Å². The van der Waals surface area contributed by atoms with E-state index >= 15 is 0 Å². The minimum atomic E-state index is -2.33. The fourth-order valence-corrected chi connectivity index (χ4v) is 1.79. The van der Waals surface area contributed by atoms with Crippen molar-refractivity contribution in [1.82, 2.24) is 0 Å². The molecule has 0 fully saturated rings. The van der Waals surface area contributed by atoms with Gasteiger partial charge in [0, 0.05) is 4.88 Å². The summed E-state index contributed by atoms with van der Waals surface area (Å²) in [6.07, 6.45) is -2.33. The van der Waals surface area contributed by atoms with E-state index in [1.807, 2.05) is 20.8 Å². The van der Waals surface area contributed by atoms with Crippen molar-refractivity contribution in [3.8, 4) is 0 Å². The minimum absolute atomic E-state index is 0.0161. The van der Waals surface area contributed by atoms with Crippen molar-refractivity contribution in [2.45, 2.75) is 32.6 Å². The summed E-state index contributed by atoms with van der Waals surface area (Å²) in [6.45, 7) is 6.07. The van der Waals surface area contributed by atoms with Gasteiger partial charge in [0.1, 0.15) is 0 Å². The lowest BCUT2D eigenvalue weighted by Gasteiger charge is -2.15. The zero-order chi connectivity index (χ0) is 9.35. The average Bonchev–Trinajstić information content (AvgIpc) is 2.30. The molecule has 0 N–H and O–H groups in total. The highest BCUT2D eigenvalue weighted by atomic mass is 32.1. The minimum Gasteiger partial charge on any atom is -0.204 e. The van der Waals surface area contributed by atoms with E-state index in [9.17, 15) is 8.78 Å². The Kier molecular flexibility index (Phi) is 2.52. The predicted molar refractivity (Wildman–Crippen MR) is 48.0 cm³/mol. The van der Waals surface area contributed by atoms with E-state index in [1.54, 1.807) is 6.07 Å². The number of halogens is 2. The van der Waals surface area contributed by atoms with Gasteiger partial charge < -0.3 is 0 Å². The molecule has 0 amide bonds. The molecule has 0 nitrogen and oxygen atoms in total. The van der Waals surface area contributed by atoms with Gasteiger partial charge in [0.15, 0.2) is 0 Å². The van der Waals surface area contributed by atoms with Crippen molar-refractivity contribution in [2.24, 2.45) is 0 Å². The molecule has 0 aliphatic heterocycles. The molecule has 0 aliphatic carbocycles. The lowest BCUT2D eigenvalue weighted by molar-refractivity contribution is 0.155. The van der Waals surface area contributed by atoms with Crippen molar-refractivity contribution >= 4 is 11.3 Å². The summed E-state index contributed by atoms with van der Waals surface area (Å²) >= 11 is 1.20. The topological polar surface area (TPSA) is 0 Å². The van der Waals surface area contributed by atoms with E-state index < -0.39 is 6.43 Å². The molecular formula is C9H12F2S. The van der Waals surface area contributed by atoms with Gasteiger partial charge in [-0.1, -0.05) is 20.8 Å². The van der Waals surface area contributed by atoms with Gasteiger partial charge in [0.05, 0.1) is 4.88 Å². The fourth-order valence-electron chi connectivity index (χ4n) is 0.873. The van der Waals surface area contributed by atoms with E-state index in [-0.39, 0.29) is 10.3 Å². The third-order valence-electron chi connectivity index (χ3n) is 1.58. The number of thiophene rings is 1. The maximum Gasteiger partial charge on any atom is 0.272 e. The van der Waals surface area contributed by atoms with Crippen molar-refractivity contribution < 1.29 is 8.78 Å². The first-order valence-electron chi connectivity index (χ1n) is 3.79. The molecule has 0 spiro atoms. The zero-order valence-corrected chi connectivity index (χ0v) is 8.21.